The Bertz CT molecular complexity index is 273. The Balaban J connectivity index is 2.49. The third-order valence-electron chi connectivity index (χ3n) is 1.97. The van der Waals surface area contributed by atoms with Crippen LogP contribution in [0.4, 0.5) is 0 Å². The van der Waals surface area contributed by atoms with Crippen LogP contribution < -0.4 is 5.32 Å². The van der Waals surface area contributed by atoms with Gasteiger partial charge in [0.15, 0.2) is 0 Å². The molecule has 11 heavy (non-hydrogen) atoms. The van der Waals surface area contributed by atoms with Crippen LogP contribution in [0.3, 0.4) is 0 Å². The molecule has 0 bridgehead atoms. The van der Waals surface area contributed by atoms with Gasteiger partial charge < -0.3 is 5.32 Å². The van der Waals surface area contributed by atoms with Crippen LogP contribution in [0.5, 0.6) is 0 Å². The smallest absolute Gasteiger partial charge is 0.0637 e. The summed E-state index contributed by atoms with van der Waals surface area (Å²) in [7, 11) is 0. The Morgan fingerprint density at radius 2 is 2.36 bits per heavy atom. The van der Waals surface area contributed by atoms with E-state index in [1.807, 2.05) is 6.20 Å². The lowest BCUT2D eigenvalue weighted by atomic mass is 10.0. The average Bonchev–Trinajstić information content (AvgIpc) is 2.06. The zero-order chi connectivity index (χ0) is 7.68. The van der Waals surface area contributed by atoms with Gasteiger partial charge in [-0.3, -0.25) is 4.98 Å². The molecule has 0 aliphatic carbocycles. The Hall–Kier alpha value is -0.600. The second-order valence-electron chi connectivity index (χ2n) is 2.69. The van der Waals surface area contributed by atoms with Gasteiger partial charge in [0.25, 0.3) is 0 Å². The number of pyridine rings is 1. The van der Waals surface area contributed by atoms with Crippen molar-refractivity contribution in [3.63, 3.8) is 0 Å². The van der Waals surface area contributed by atoms with Crippen molar-refractivity contribution in [3.8, 4) is 0 Å². The summed E-state index contributed by atoms with van der Waals surface area (Å²) in [4.78, 5) is 4.04. The predicted octanol–water partition coefficient (Wildman–Crippen LogP) is 1.38. The number of hydrogen-bond acceptors (Lipinski definition) is 2. The fraction of sp³-hybridized carbons (Fsp3) is 0.375. The molecule has 0 saturated carbocycles. The Kier molecular flexibility index (Phi) is 1.80. The highest BCUT2D eigenvalue weighted by atomic mass is 35.5. The number of rotatable bonds is 0. The number of halogens is 1. The number of hydrogen-bond donors (Lipinski definition) is 1. The van der Waals surface area contributed by atoms with Gasteiger partial charge >= 0.3 is 0 Å². The normalized spacial score (nSPS) is 16.1. The van der Waals surface area contributed by atoms with Gasteiger partial charge in [-0.2, -0.15) is 0 Å². The van der Waals surface area contributed by atoms with Crippen molar-refractivity contribution in [2.24, 2.45) is 0 Å². The van der Waals surface area contributed by atoms with Crippen LogP contribution in [-0.4, -0.2) is 11.5 Å². The maximum Gasteiger partial charge on any atom is 0.0637 e. The molecule has 0 amide bonds. The minimum Gasteiger partial charge on any atom is -0.312 e. The molecule has 2 nitrogen and oxygen atoms in total. The molecule has 1 N–H and O–H groups in total. The van der Waals surface area contributed by atoms with Crippen LogP contribution in [0, 0.1) is 0 Å². The monoisotopic (exact) mass is 168 g/mol. The molecule has 2 heterocycles. The first-order valence-electron chi connectivity index (χ1n) is 3.70. The largest absolute Gasteiger partial charge is 0.312 e. The van der Waals surface area contributed by atoms with Crippen molar-refractivity contribution >= 4 is 11.6 Å². The summed E-state index contributed by atoms with van der Waals surface area (Å²) < 4.78 is 0. The van der Waals surface area contributed by atoms with Crippen LogP contribution in [-0.2, 0) is 13.0 Å². The summed E-state index contributed by atoms with van der Waals surface area (Å²) in [5, 5.41) is 4.06. The second kappa shape index (κ2) is 2.80. The zero-order valence-electron chi connectivity index (χ0n) is 6.10. The van der Waals surface area contributed by atoms with E-state index >= 15 is 0 Å². The quantitative estimate of drug-likeness (QED) is 0.633. The van der Waals surface area contributed by atoms with Crippen LogP contribution in [0.15, 0.2) is 12.4 Å². The molecule has 1 aromatic heterocycles. The molecule has 1 aliphatic rings. The lowest BCUT2D eigenvalue weighted by Gasteiger charge is -2.16. The summed E-state index contributed by atoms with van der Waals surface area (Å²) in [6.45, 7) is 1.92. The third-order valence-corrected chi connectivity index (χ3v) is 2.29. The molecule has 0 unspecified atom stereocenters. The lowest BCUT2D eigenvalue weighted by Crippen LogP contribution is -2.23. The van der Waals surface area contributed by atoms with E-state index in [-0.39, 0.29) is 0 Å². The molecule has 2 rings (SSSR count). The summed E-state index contributed by atoms with van der Waals surface area (Å²) >= 11 is 5.94. The fourth-order valence-corrected chi connectivity index (χ4v) is 1.60. The molecule has 1 aliphatic heterocycles. The number of fused-ring (bicyclic) bond motifs is 1. The minimum atomic E-state index is 0.787. The molecule has 0 spiro atoms. The molecule has 0 fully saturated rings. The summed E-state index contributed by atoms with van der Waals surface area (Å²) in [5.74, 6) is 0. The third kappa shape index (κ3) is 1.24. The van der Waals surface area contributed by atoms with Gasteiger partial charge in [0.2, 0.25) is 0 Å². The van der Waals surface area contributed by atoms with Crippen molar-refractivity contribution in [1.29, 1.82) is 0 Å². The Morgan fingerprint density at radius 1 is 1.45 bits per heavy atom. The fourth-order valence-electron chi connectivity index (χ4n) is 1.35. The van der Waals surface area contributed by atoms with Gasteiger partial charge in [-0.1, -0.05) is 11.6 Å². The van der Waals surface area contributed by atoms with Crippen LogP contribution >= 0.6 is 11.6 Å². The van der Waals surface area contributed by atoms with Gasteiger partial charge in [-0.25, -0.2) is 0 Å². The Labute approximate surface area is 70.6 Å². The molecule has 0 radical (unpaired) electrons. The molecule has 58 valence electrons. The highest BCUT2D eigenvalue weighted by Crippen LogP contribution is 2.20. The van der Waals surface area contributed by atoms with E-state index in [0.717, 1.165) is 24.5 Å². The Morgan fingerprint density at radius 3 is 3.18 bits per heavy atom. The topological polar surface area (TPSA) is 24.9 Å². The van der Waals surface area contributed by atoms with E-state index in [0.29, 0.717) is 0 Å². The molecule has 3 heteroatoms. The van der Waals surface area contributed by atoms with Crippen LogP contribution in [0.25, 0.3) is 0 Å². The lowest BCUT2D eigenvalue weighted by molar-refractivity contribution is 0.641. The van der Waals surface area contributed by atoms with E-state index in [2.05, 4.69) is 10.3 Å². The maximum absolute atomic E-state index is 5.94. The van der Waals surface area contributed by atoms with Crippen molar-refractivity contribution in [2.45, 2.75) is 13.0 Å². The van der Waals surface area contributed by atoms with Crippen molar-refractivity contribution < 1.29 is 0 Å². The van der Waals surface area contributed by atoms with Gasteiger partial charge in [0.05, 0.1) is 5.02 Å². The number of aromatic nitrogens is 1. The number of nitrogens with one attached hydrogen (secondary N) is 1. The second-order valence-corrected chi connectivity index (χ2v) is 3.09. The first-order valence-corrected chi connectivity index (χ1v) is 4.07. The van der Waals surface area contributed by atoms with E-state index in [1.54, 1.807) is 6.20 Å². The summed E-state index contributed by atoms with van der Waals surface area (Å²) in [6.07, 6.45) is 4.65. The van der Waals surface area contributed by atoms with E-state index < -0.39 is 0 Å². The van der Waals surface area contributed by atoms with Gasteiger partial charge in [-0.15, -0.1) is 0 Å². The highest BCUT2D eigenvalue weighted by Gasteiger charge is 2.10. The highest BCUT2D eigenvalue weighted by molar-refractivity contribution is 6.31. The number of nitrogens with zero attached hydrogens (tertiary/aromatic N) is 1. The SMILES string of the molecule is Clc1cncc2c1CNCC2. The molecule has 0 saturated heterocycles. The zero-order valence-corrected chi connectivity index (χ0v) is 6.86. The van der Waals surface area contributed by atoms with E-state index in [1.165, 1.54) is 11.1 Å². The van der Waals surface area contributed by atoms with Gasteiger partial charge in [0, 0.05) is 18.9 Å². The van der Waals surface area contributed by atoms with Crippen molar-refractivity contribution in [3.05, 3.63) is 28.5 Å². The molecule has 1 aromatic rings. The van der Waals surface area contributed by atoms with E-state index in [4.69, 9.17) is 11.6 Å². The van der Waals surface area contributed by atoms with Crippen molar-refractivity contribution in [2.75, 3.05) is 6.54 Å². The average molecular weight is 169 g/mol. The molecular weight excluding hydrogens is 160 g/mol. The molecule has 0 atom stereocenters. The maximum atomic E-state index is 5.94. The summed E-state index contributed by atoms with van der Waals surface area (Å²) in [5.41, 5.74) is 2.50. The van der Waals surface area contributed by atoms with E-state index in [9.17, 15) is 0 Å². The van der Waals surface area contributed by atoms with Crippen molar-refractivity contribution in [1.82, 2.24) is 10.3 Å². The predicted molar refractivity (Wildman–Crippen MR) is 44.7 cm³/mol. The molecule has 0 aromatic carbocycles. The van der Waals surface area contributed by atoms with Gasteiger partial charge in [-0.05, 0) is 24.1 Å². The first-order chi connectivity index (χ1) is 5.38. The standard InChI is InChI=1S/C8H9ClN2/c9-8-5-11-3-6-1-2-10-4-7(6)8/h3,5,10H,1-2,4H2. The van der Waals surface area contributed by atoms with Crippen LogP contribution in [0.1, 0.15) is 11.1 Å². The molecular formula is C8H9ClN2. The van der Waals surface area contributed by atoms with Gasteiger partial charge in [0.1, 0.15) is 0 Å². The van der Waals surface area contributed by atoms with Crippen LogP contribution in [0.2, 0.25) is 5.02 Å². The minimum absolute atomic E-state index is 0.787. The summed E-state index contributed by atoms with van der Waals surface area (Å²) in [6, 6.07) is 0. The first kappa shape index (κ1) is 7.07.